The van der Waals surface area contributed by atoms with Gasteiger partial charge in [-0.05, 0) is 31.2 Å². The monoisotopic (exact) mass is 298 g/mol. The molecule has 3 aromatic rings. The Kier molecular flexibility index (Phi) is 3.87. The number of methoxy groups -OCH3 is 2. The lowest BCUT2D eigenvalue weighted by atomic mass is 10.1. The Bertz CT molecular complexity index is 796. The van der Waals surface area contributed by atoms with Crippen LogP contribution in [0.2, 0.25) is 0 Å². The molecule has 0 spiro atoms. The first-order valence-electron chi connectivity index (χ1n) is 7.10. The predicted molar refractivity (Wildman–Crippen MR) is 85.8 cm³/mol. The number of hydrogen-bond acceptors (Lipinski definition) is 4. The lowest BCUT2D eigenvalue weighted by Gasteiger charge is -2.12. The molecule has 5 nitrogen and oxygen atoms in total. The summed E-state index contributed by atoms with van der Waals surface area (Å²) in [6, 6.07) is 11.5. The van der Waals surface area contributed by atoms with Crippen LogP contribution in [0.15, 0.2) is 36.4 Å². The second-order valence-electron chi connectivity index (χ2n) is 4.74. The van der Waals surface area contributed by atoms with Crippen LogP contribution in [0.5, 0.6) is 17.2 Å². The second kappa shape index (κ2) is 5.97. The molecule has 0 fully saturated rings. The fraction of sp³-hybridized carbons (Fsp3) is 0.235. The van der Waals surface area contributed by atoms with Gasteiger partial charge in [0.15, 0.2) is 11.5 Å². The number of para-hydroxylation sites is 1. The van der Waals surface area contributed by atoms with E-state index in [0.717, 1.165) is 28.2 Å². The number of imidazole rings is 1. The fourth-order valence-electron chi connectivity index (χ4n) is 2.43. The van der Waals surface area contributed by atoms with Crippen molar-refractivity contribution in [1.82, 2.24) is 9.97 Å². The molecule has 1 heterocycles. The van der Waals surface area contributed by atoms with E-state index >= 15 is 0 Å². The minimum absolute atomic E-state index is 0.580. The topological polar surface area (TPSA) is 56.4 Å². The largest absolute Gasteiger partial charge is 0.497 e. The first-order chi connectivity index (χ1) is 10.8. The summed E-state index contributed by atoms with van der Waals surface area (Å²) in [4.78, 5) is 7.93. The molecule has 22 heavy (non-hydrogen) atoms. The minimum Gasteiger partial charge on any atom is -0.497 e. The van der Waals surface area contributed by atoms with Gasteiger partial charge in [0.2, 0.25) is 0 Å². The van der Waals surface area contributed by atoms with E-state index in [4.69, 9.17) is 14.2 Å². The maximum absolute atomic E-state index is 5.61. The van der Waals surface area contributed by atoms with Crippen molar-refractivity contribution in [3.63, 3.8) is 0 Å². The van der Waals surface area contributed by atoms with Gasteiger partial charge in [0.25, 0.3) is 0 Å². The van der Waals surface area contributed by atoms with Crippen LogP contribution in [0.3, 0.4) is 0 Å². The first-order valence-corrected chi connectivity index (χ1v) is 7.10. The van der Waals surface area contributed by atoms with Gasteiger partial charge in [-0.15, -0.1) is 0 Å². The zero-order valence-electron chi connectivity index (χ0n) is 12.8. The quantitative estimate of drug-likeness (QED) is 0.781. The van der Waals surface area contributed by atoms with Crippen LogP contribution in [-0.2, 0) is 0 Å². The number of rotatable bonds is 5. The number of hydrogen-bond donors (Lipinski definition) is 1. The summed E-state index contributed by atoms with van der Waals surface area (Å²) in [5.74, 6) is 2.91. The first kappa shape index (κ1) is 14.3. The van der Waals surface area contributed by atoms with Gasteiger partial charge >= 0.3 is 0 Å². The molecular weight excluding hydrogens is 280 g/mol. The van der Waals surface area contributed by atoms with Gasteiger partial charge in [0.05, 0.1) is 37.4 Å². The predicted octanol–water partition coefficient (Wildman–Crippen LogP) is 3.65. The van der Waals surface area contributed by atoms with E-state index in [2.05, 4.69) is 9.97 Å². The molecule has 0 saturated carbocycles. The molecular formula is C17H18N2O3. The summed E-state index contributed by atoms with van der Waals surface area (Å²) in [6.07, 6.45) is 0. The summed E-state index contributed by atoms with van der Waals surface area (Å²) in [5.41, 5.74) is 2.65. The lowest BCUT2D eigenvalue weighted by molar-refractivity contribution is 0.311. The molecule has 0 amide bonds. The van der Waals surface area contributed by atoms with Crippen LogP contribution in [0, 0.1) is 0 Å². The Hall–Kier alpha value is -2.69. The average molecular weight is 298 g/mol. The van der Waals surface area contributed by atoms with Crippen LogP contribution in [-0.4, -0.2) is 30.8 Å². The van der Waals surface area contributed by atoms with Gasteiger partial charge in [-0.25, -0.2) is 4.98 Å². The molecule has 0 aliphatic heterocycles. The van der Waals surface area contributed by atoms with Crippen molar-refractivity contribution in [3.05, 3.63) is 36.4 Å². The molecule has 0 saturated heterocycles. The molecule has 0 bridgehead atoms. The zero-order valence-corrected chi connectivity index (χ0v) is 12.8. The van der Waals surface area contributed by atoms with E-state index in [0.29, 0.717) is 18.1 Å². The maximum Gasteiger partial charge on any atom is 0.171 e. The van der Waals surface area contributed by atoms with Crippen LogP contribution >= 0.6 is 0 Å². The van der Waals surface area contributed by atoms with E-state index < -0.39 is 0 Å². The highest BCUT2D eigenvalue weighted by atomic mass is 16.5. The fourth-order valence-corrected chi connectivity index (χ4v) is 2.43. The van der Waals surface area contributed by atoms with E-state index in [-0.39, 0.29) is 0 Å². The molecule has 3 rings (SSSR count). The summed E-state index contributed by atoms with van der Waals surface area (Å²) in [5, 5.41) is 0. The van der Waals surface area contributed by atoms with Crippen LogP contribution in [0.4, 0.5) is 0 Å². The Morgan fingerprint density at radius 3 is 2.68 bits per heavy atom. The van der Waals surface area contributed by atoms with Gasteiger partial charge in [0.1, 0.15) is 11.6 Å². The maximum atomic E-state index is 5.61. The molecule has 0 radical (unpaired) electrons. The SMILES string of the molecule is CCOc1cccc(-c2nc3ccc(OC)cc3[nH]2)c1OC. The summed E-state index contributed by atoms with van der Waals surface area (Å²) < 4.78 is 16.4. The molecule has 1 N–H and O–H groups in total. The van der Waals surface area contributed by atoms with Crippen molar-refractivity contribution < 1.29 is 14.2 Å². The standard InChI is InChI=1S/C17H18N2O3/c1-4-22-15-7-5-6-12(16(15)21-3)17-18-13-9-8-11(20-2)10-14(13)19-17/h5-10H,4H2,1-3H3,(H,18,19). The van der Waals surface area contributed by atoms with E-state index in [1.54, 1.807) is 14.2 Å². The van der Waals surface area contributed by atoms with Crippen molar-refractivity contribution in [1.29, 1.82) is 0 Å². The molecule has 5 heteroatoms. The average Bonchev–Trinajstić information content (AvgIpc) is 2.97. The van der Waals surface area contributed by atoms with Crippen LogP contribution in [0.25, 0.3) is 22.4 Å². The molecule has 1 aromatic heterocycles. The van der Waals surface area contributed by atoms with Crippen molar-refractivity contribution in [2.24, 2.45) is 0 Å². The highest BCUT2D eigenvalue weighted by Crippen LogP contribution is 2.37. The van der Waals surface area contributed by atoms with Crippen molar-refractivity contribution in [3.8, 4) is 28.6 Å². The van der Waals surface area contributed by atoms with Gasteiger partial charge in [-0.1, -0.05) is 6.07 Å². The van der Waals surface area contributed by atoms with Crippen molar-refractivity contribution in [2.75, 3.05) is 20.8 Å². The Balaban J connectivity index is 2.12. The molecule has 114 valence electrons. The number of fused-ring (bicyclic) bond motifs is 1. The Morgan fingerprint density at radius 2 is 1.95 bits per heavy atom. The van der Waals surface area contributed by atoms with E-state index in [1.165, 1.54) is 0 Å². The number of ether oxygens (including phenoxy) is 3. The van der Waals surface area contributed by atoms with Gasteiger partial charge in [-0.2, -0.15) is 0 Å². The third-order valence-electron chi connectivity index (χ3n) is 3.43. The van der Waals surface area contributed by atoms with E-state index in [1.807, 2.05) is 43.3 Å². The Labute approximate surface area is 128 Å². The second-order valence-corrected chi connectivity index (χ2v) is 4.74. The third kappa shape index (κ3) is 2.45. The normalized spacial score (nSPS) is 10.7. The highest BCUT2D eigenvalue weighted by molar-refractivity contribution is 5.82. The molecule has 0 atom stereocenters. The van der Waals surface area contributed by atoms with Crippen molar-refractivity contribution >= 4 is 11.0 Å². The minimum atomic E-state index is 0.580. The molecule has 0 unspecified atom stereocenters. The number of nitrogens with one attached hydrogen (secondary N) is 1. The number of aromatic amines is 1. The number of nitrogens with zero attached hydrogens (tertiary/aromatic N) is 1. The molecule has 0 aliphatic carbocycles. The van der Waals surface area contributed by atoms with Gasteiger partial charge in [-0.3, -0.25) is 0 Å². The van der Waals surface area contributed by atoms with Crippen LogP contribution in [0.1, 0.15) is 6.92 Å². The van der Waals surface area contributed by atoms with Gasteiger partial charge in [0, 0.05) is 6.07 Å². The summed E-state index contributed by atoms with van der Waals surface area (Å²) >= 11 is 0. The zero-order chi connectivity index (χ0) is 15.5. The Morgan fingerprint density at radius 1 is 1.09 bits per heavy atom. The number of H-pyrrole nitrogens is 1. The lowest BCUT2D eigenvalue weighted by Crippen LogP contribution is -1.97. The number of benzene rings is 2. The molecule has 2 aromatic carbocycles. The van der Waals surface area contributed by atoms with Crippen LogP contribution < -0.4 is 14.2 Å². The highest BCUT2D eigenvalue weighted by Gasteiger charge is 2.15. The third-order valence-corrected chi connectivity index (χ3v) is 3.43. The van der Waals surface area contributed by atoms with Gasteiger partial charge < -0.3 is 19.2 Å². The smallest absolute Gasteiger partial charge is 0.171 e. The van der Waals surface area contributed by atoms with E-state index in [9.17, 15) is 0 Å². The summed E-state index contributed by atoms with van der Waals surface area (Å²) in [6.45, 7) is 2.52. The summed E-state index contributed by atoms with van der Waals surface area (Å²) in [7, 11) is 3.28. The number of aromatic nitrogens is 2. The molecule has 0 aliphatic rings. The van der Waals surface area contributed by atoms with Crippen molar-refractivity contribution in [2.45, 2.75) is 6.92 Å².